The Morgan fingerprint density at radius 3 is 2.29 bits per heavy atom. The number of methoxy groups -OCH3 is 1. The fraction of sp³-hybridized carbons (Fsp3) is 0.522. The molecule has 1 unspecified atom stereocenters. The van der Waals surface area contributed by atoms with Crippen molar-refractivity contribution in [2.75, 3.05) is 7.11 Å². The molecule has 0 aromatic heterocycles. The largest absolute Gasteiger partial charge is 0.540 e. The Balaban J connectivity index is 1.97. The van der Waals surface area contributed by atoms with Crippen molar-refractivity contribution in [2.24, 2.45) is 0 Å². The third-order valence-corrected chi connectivity index (χ3v) is 6.27. The molecule has 168 valence electrons. The molecule has 2 aliphatic rings. The lowest BCUT2D eigenvalue weighted by molar-refractivity contribution is -0.153. The zero-order chi connectivity index (χ0) is 22.6. The quantitative estimate of drug-likeness (QED) is 0.472. The van der Waals surface area contributed by atoms with Crippen molar-refractivity contribution in [3.63, 3.8) is 0 Å². The molecule has 1 aromatic carbocycles. The zero-order valence-corrected chi connectivity index (χ0v) is 19.7. The lowest BCUT2D eigenvalue weighted by Gasteiger charge is -2.35. The van der Waals surface area contributed by atoms with Gasteiger partial charge in [-0.25, -0.2) is 9.59 Å². The van der Waals surface area contributed by atoms with Gasteiger partial charge in [0.2, 0.25) is 8.32 Å². The average Bonchev–Trinajstić information content (AvgIpc) is 3.03. The van der Waals surface area contributed by atoms with E-state index in [9.17, 15) is 14.4 Å². The number of esters is 2. The summed E-state index contributed by atoms with van der Waals surface area (Å²) < 4.78 is 16.6. The van der Waals surface area contributed by atoms with Crippen LogP contribution in [0.4, 0.5) is 0 Å². The van der Waals surface area contributed by atoms with Crippen LogP contribution < -0.4 is 0 Å². The maximum Gasteiger partial charge on any atom is 0.341 e. The predicted octanol–water partition coefficient (Wildman–Crippen LogP) is 3.55. The van der Waals surface area contributed by atoms with Gasteiger partial charge in [0.15, 0.2) is 11.8 Å². The summed E-state index contributed by atoms with van der Waals surface area (Å²) in [6.07, 6.45) is 4.61. The van der Waals surface area contributed by atoms with E-state index in [1.807, 2.05) is 50.0 Å². The van der Waals surface area contributed by atoms with Crippen molar-refractivity contribution in [3.05, 3.63) is 47.2 Å². The van der Waals surface area contributed by atoms with Crippen molar-refractivity contribution in [1.29, 1.82) is 0 Å². The van der Waals surface area contributed by atoms with Gasteiger partial charge in [-0.2, -0.15) is 0 Å². The van der Waals surface area contributed by atoms with E-state index in [2.05, 4.69) is 0 Å². The molecule has 0 radical (unpaired) electrons. The molecule has 31 heavy (non-hydrogen) atoms. The maximum atomic E-state index is 13.5. The van der Waals surface area contributed by atoms with Gasteiger partial charge in [-0.1, -0.05) is 49.6 Å². The van der Waals surface area contributed by atoms with E-state index >= 15 is 0 Å². The molecule has 8 heteroatoms. The Kier molecular flexibility index (Phi) is 7.20. The standard InChI is InChI=1S/C23H31NO6Si/c1-28-23(27)19-18(22(26)29-15-16-11-7-5-8-12-16)20(30-31(2,3)4)21(25)24(19)17-13-9-6-10-14-17/h5,7-8,11-12,17,19H,6,9-10,13-15H2,1-4H3. The molecule has 1 aliphatic carbocycles. The van der Waals surface area contributed by atoms with E-state index in [0.717, 1.165) is 37.7 Å². The first-order valence-corrected chi connectivity index (χ1v) is 14.2. The number of amides is 1. The molecule has 1 heterocycles. The monoisotopic (exact) mass is 445 g/mol. The molecule has 1 saturated carbocycles. The number of benzene rings is 1. The van der Waals surface area contributed by atoms with Crippen molar-refractivity contribution in [3.8, 4) is 0 Å². The molecule has 0 spiro atoms. The van der Waals surface area contributed by atoms with Crippen LogP contribution in [0.2, 0.25) is 19.6 Å². The minimum Gasteiger partial charge on any atom is -0.540 e. The number of hydrogen-bond donors (Lipinski definition) is 0. The molecule has 1 amide bonds. The van der Waals surface area contributed by atoms with Gasteiger partial charge in [-0.05, 0) is 38.0 Å². The number of ether oxygens (including phenoxy) is 2. The smallest absolute Gasteiger partial charge is 0.341 e. The van der Waals surface area contributed by atoms with Crippen LogP contribution in [-0.4, -0.2) is 50.3 Å². The molecule has 1 atom stereocenters. The summed E-state index contributed by atoms with van der Waals surface area (Å²) in [4.78, 5) is 41.0. The van der Waals surface area contributed by atoms with E-state index < -0.39 is 32.2 Å². The Hall–Kier alpha value is -2.61. The van der Waals surface area contributed by atoms with Crippen LogP contribution in [0.25, 0.3) is 0 Å². The van der Waals surface area contributed by atoms with E-state index in [4.69, 9.17) is 13.9 Å². The highest BCUT2D eigenvalue weighted by atomic mass is 28.4. The molecule has 0 bridgehead atoms. The molecule has 1 aliphatic heterocycles. The molecular formula is C23H31NO6Si. The van der Waals surface area contributed by atoms with Crippen molar-refractivity contribution >= 4 is 26.2 Å². The van der Waals surface area contributed by atoms with Crippen LogP contribution in [0.3, 0.4) is 0 Å². The first kappa shape index (κ1) is 23.1. The molecule has 0 saturated heterocycles. The number of rotatable bonds is 7. The molecule has 1 aromatic rings. The number of nitrogens with zero attached hydrogens (tertiary/aromatic N) is 1. The first-order valence-electron chi connectivity index (χ1n) is 10.8. The van der Waals surface area contributed by atoms with E-state index in [0.29, 0.717) is 0 Å². The van der Waals surface area contributed by atoms with E-state index in [1.54, 1.807) is 0 Å². The normalized spacial score (nSPS) is 20.1. The SMILES string of the molecule is COC(=O)C1C(C(=O)OCc2ccccc2)=C(O[Si](C)(C)C)C(=O)N1C1CCCCC1. The number of hydrogen-bond acceptors (Lipinski definition) is 6. The summed E-state index contributed by atoms with van der Waals surface area (Å²) in [5, 5.41) is 0. The Morgan fingerprint density at radius 1 is 1.06 bits per heavy atom. The third-order valence-electron chi connectivity index (χ3n) is 5.46. The van der Waals surface area contributed by atoms with Crippen LogP contribution in [0.15, 0.2) is 41.7 Å². The summed E-state index contributed by atoms with van der Waals surface area (Å²) >= 11 is 0. The maximum absolute atomic E-state index is 13.5. The van der Waals surface area contributed by atoms with Gasteiger partial charge in [0.1, 0.15) is 12.2 Å². The molecule has 7 nitrogen and oxygen atoms in total. The van der Waals surface area contributed by atoms with Gasteiger partial charge in [0.05, 0.1) is 7.11 Å². The lowest BCUT2D eigenvalue weighted by Crippen LogP contribution is -2.49. The summed E-state index contributed by atoms with van der Waals surface area (Å²) in [5.74, 6) is -1.85. The van der Waals surface area contributed by atoms with E-state index in [1.165, 1.54) is 12.0 Å². The van der Waals surface area contributed by atoms with Gasteiger partial charge in [-0.3, -0.25) is 4.79 Å². The second-order valence-corrected chi connectivity index (χ2v) is 13.4. The minimum absolute atomic E-state index is 0.0366. The van der Waals surface area contributed by atoms with Gasteiger partial charge in [-0.15, -0.1) is 0 Å². The van der Waals surface area contributed by atoms with Gasteiger partial charge < -0.3 is 18.8 Å². The second kappa shape index (κ2) is 9.68. The highest BCUT2D eigenvalue weighted by molar-refractivity contribution is 6.70. The van der Waals surface area contributed by atoms with Crippen LogP contribution >= 0.6 is 0 Å². The van der Waals surface area contributed by atoms with Crippen molar-refractivity contribution in [1.82, 2.24) is 4.90 Å². The fourth-order valence-electron chi connectivity index (χ4n) is 4.10. The lowest BCUT2D eigenvalue weighted by atomic mass is 9.93. The minimum atomic E-state index is -2.26. The zero-order valence-electron chi connectivity index (χ0n) is 18.7. The van der Waals surface area contributed by atoms with Gasteiger partial charge >= 0.3 is 11.9 Å². The summed E-state index contributed by atoms with van der Waals surface area (Å²) in [6, 6.07) is 7.98. The molecule has 0 N–H and O–H groups in total. The second-order valence-electron chi connectivity index (χ2n) is 8.95. The Bertz CT molecular complexity index is 855. The summed E-state index contributed by atoms with van der Waals surface area (Å²) in [6.45, 7) is 5.82. The molecular weight excluding hydrogens is 414 g/mol. The summed E-state index contributed by atoms with van der Waals surface area (Å²) in [5.41, 5.74) is 0.771. The van der Waals surface area contributed by atoms with Crippen LogP contribution in [0.1, 0.15) is 37.7 Å². The highest BCUT2D eigenvalue weighted by Gasteiger charge is 2.52. The van der Waals surface area contributed by atoms with Crippen LogP contribution in [0, 0.1) is 0 Å². The third kappa shape index (κ3) is 5.36. The molecule has 1 fully saturated rings. The summed E-state index contributed by atoms with van der Waals surface area (Å²) in [7, 11) is -0.997. The highest BCUT2D eigenvalue weighted by Crippen LogP contribution is 2.36. The van der Waals surface area contributed by atoms with Crippen LogP contribution in [0.5, 0.6) is 0 Å². The molecule has 3 rings (SSSR count). The van der Waals surface area contributed by atoms with Gasteiger partial charge in [0, 0.05) is 6.04 Å². The van der Waals surface area contributed by atoms with Crippen LogP contribution in [-0.2, 0) is 34.9 Å². The Labute approximate surface area is 184 Å². The predicted molar refractivity (Wildman–Crippen MR) is 117 cm³/mol. The number of carbonyl (C=O) groups excluding carboxylic acids is 3. The van der Waals surface area contributed by atoms with Crippen molar-refractivity contribution < 1.29 is 28.3 Å². The van der Waals surface area contributed by atoms with E-state index in [-0.39, 0.29) is 24.0 Å². The fourth-order valence-corrected chi connectivity index (χ4v) is 4.91. The Morgan fingerprint density at radius 2 is 1.71 bits per heavy atom. The van der Waals surface area contributed by atoms with Gasteiger partial charge in [0.25, 0.3) is 5.91 Å². The van der Waals surface area contributed by atoms with Crippen molar-refractivity contribution in [2.45, 2.75) is 70.4 Å². The first-order chi connectivity index (χ1) is 14.7. The topological polar surface area (TPSA) is 82.1 Å². The number of carbonyl (C=O) groups is 3. The average molecular weight is 446 g/mol.